The first kappa shape index (κ1) is 19.4. The van der Waals surface area contributed by atoms with Gasteiger partial charge in [-0.15, -0.1) is 5.10 Å². The molecule has 0 bridgehead atoms. The van der Waals surface area contributed by atoms with E-state index in [2.05, 4.69) is 45.0 Å². The number of amides is 1. The van der Waals surface area contributed by atoms with E-state index in [9.17, 15) is 4.79 Å². The molecule has 9 nitrogen and oxygen atoms in total. The zero-order valence-electron chi connectivity index (χ0n) is 17.0. The zero-order chi connectivity index (χ0) is 20.4. The largest absolute Gasteiger partial charge is 0.317 e. The predicted octanol–water partition coefficient (Wildman–Crippen LogP) is 1.96. The lowest BCUT2D eigenvalue weighted by atomic mass is 9.97. The van der Waals surface area contributed by atoms with Crippen LogP contribution >= 0.6 is 0 Å². The first-order valence-electron chi connectivity index (χ1n) is 10.0. The van der Waals surface area contributed by atoms with E-state index in [0.717, 1.165) is 54.5 Å². The number of aryl methyl sites for hydroxylation is 1. The molecule has 1 aliphatic heterocycles. The molecule has 3 aromatic heterocycles. The molecular weight excluding hydrogens is 368 g/mol. The molecule has 1 saturated heterocycles. The van der Waals surface area contributed by atoms with Gasteiger partial charge in [0.25, 0.3) is 0 Å². The summed E-state index contributed by atoms with van der Waals surface area (Å²) in [5, 5.41) is 19.0. The molecule has 152 valence electrons. The molecule has 0 radical (unpaired) electrons. The number of carbonyl (C=O) groups excluding carboxylic acids is 1. The maximum atomic E-state index is 12.6. The second-order valence-electron chi connectivity index (χ2n) is 7.98. The molecule has 1 fully saturated rings. The average molecular weight is 394 g/mol. The Labute approximate surface area is 169 Å². The van der Waals surface area contributed by atoms with Gasteiger partial charge in [0.2, 0.25) is 5.91 Å². The standard InChI is InChI=1S/C20H26N8O/c1-12(2)8-16-15(19-25-26-27-28(19)3)9-14-10-18(22-11-17(14)23-16)24-20(29)13-4-6-21-7-5-13/h9-13,21H,4-8H2,1-3H3,(H,22,24,29). The number of hydrogen-bond acceptors (Lipinski definition) is 7. The highest BCUT2D eigenvalue weighted by Gasteiger charge is 2.21. The van der Waals surface area contributed by atoms with Gasteiger partial charge in [0.05, 0.1) is 17.4 Å². The number of nitrogens with one attached hydrogen (secondary N) is 2. The lowest BCUT2D eigenvalue weighted by Gasteiger charge is -2.21. The van der Waals surface area contributed by atoms with E-state index >= 15 is 0 Å². The maximum Gasteiger partial charge on any atom is 0.228 e. The number of fused-ring (bicyclic) bond motifs is 1. The van der Waals surface area contributed by atoms with Gasteiger partial charge in [-0.3, -0.25) is 9.78 Å². The average Bonchev–Trinajstić information content (AvgIpc) is 3.13. The lowest BCUT2D eigenvalue weighted by molar-refractivity contribution is -0.120. The molecule has 2 N–H and O–H groups in total. The Morgan fingerprint density at radius 3 is 2.79 bits per heavy atom. The van der Waals surface area contributed by atoms with E-state index in [-0.39, 0.29) is 11.8 Å². The third-order valence-corrected chi connectivity index (χ3v) is 5.20. The van der Waals surface area contributed by atoms with Crippen LogP contribution in [0.15, 0.2) is 18.3 Å². The number of anilines is 1. The van der Waals surface area contributed by atoms with Crippen LogP contribution < -0.4 is 10.6 Å². The second kappa shape index (κ2) is 8.20. The molecule has 29 heavy (non-hydrogen) atoms. The summed E-state index contributed by atoms with van der Waals surface area (Å²) < 4.78 is 1.65. The van der Waals surface area contributed by atoms with Crippen LogP contribution in [-0.2, 0) is 18.3 Å². The Kier molecular flexibility index (Phi) is 5.48. The van der Waals surface area contributed by atoms with Gasteiger partial charge in [0.15, 0.2) is 5.82 Å². The minimum absolute atomic E-state index is 0.0282. The Morgan fingerprint density at radius 1 is 1.31 bits per heavy atom. The van der Waals surface area contributed by atoms with E-state index in [4.69, 9.17) is 4.98 Å². The van der Waals surface area contributed by atoms with Crippen molar-refractivity contribution in [2.75, 3.05) is 18.4 Å². The minimum Gasteiger partial charge on any atom is -0.317 e. The Morgan fingerprint density at radius 2 is 2.10 bits per heavy atom. The molecule has 9 heteroatoms. The fraction of sp³-hybridized carbons (Fsp3) is 0.500. The predicted molar refractivity (Wildman–Crippen MR) is 110 cm³/mol. The number of pyridine rings is 2. The van der Waals surface area contributed by atoms with Gasteiger partial charge in [0.1, 0.15) is 5.82 Å². The van der Waals surface area contributed by atoms with Gasteiger partial charge in [-0.2, -0.15) is 0 Å². The lowest BCUT2D eigenvalue weighted by Crippen LogP contribution is -2.34. The molecule has 0 aromatic carbocycles. The molecule has 4 rings (SSSR count). The number of carbonyl (C=O) groups is 1. The van der Waals surface area contributed by atoms with Crippen molar-refractivity contribution in [3.8, 4) is 11.4 Å². The maximum absolute atomic E-state index is 12.6. The summed E-state index contributed by atoms with van der Waals surface area (Å²) >= 11 is 0. The van der Waals surface area contributed by atoms with Crippen molar-refractivity contribution in [1.29, 1.82) is 0 Å². The fourth-order valence-corrected chi connectivity index (χ4v) is 3.69. The van der Waals surface area contributed by atoms with Gasteiger partial charge in [-0.1, -0.05) is 13.8 Å². The van der Waals surface area contributed by atoms with Crippen molar-refractivity contribution in [1.82, 2.24) is 35.5 Å². The van der Waals surface area contributed by atoms with Crippen LogP contribution in [0.3, 0.4) is 0 Å². The number of aromatic nitrogens is 6. The Balaban J connectivity index is 1.68. The SMILES string of the molecule is CC(C)Cc1nc2cnc(NC(=O)C3CCNCC3)cc2cc1-c1nnnn1C. The number of piperidine rings is 1. The number of rotatable bonds is 5. The molecule has 0 aliphatic carbocycles. The van der Waals surface area contributed by atoms with E-state index in [1.807, 2.05) is 19.2 Å². The van der Waals surface area contributed by atoms with Gasteiger partial charge in [0, 0.05) is 23.9 Å². The molecule has 3 aromatic rings. The molecule has 1 aliphatic rings. The van der Waals surface area contributed by atoms with Crippen molar-refractivity contribution in [3.05, 3.63) is 24.0 Å². The van der Waals surface area contributed by atoms with Gasteiger partial charge in [-0.05, 0) is 60.8 Å². The highest BCUT2D eigenvalue weighted by Crippen LogP contribution is 2.27. The van der Waals surface area contributed by atoms with Crippen LogP contribution in [0.4, 0.5) is 5.82 Å². The summed E-state index contributed by atoms with van der Waals surface area (Å²) in [6.45, 7) is 6.06. The summed E-state index contributed by atoms with van der Waals surface area (Å²) in [6, 6.07) is 3.90. The topological polar surface area (TPSA) is 111 Å². The van der Waals surface area contributed by atoms with E-state index in [1.54, 1.807) is 10.9 Å². The summed E-state index contributed by atoms with van der Waals surface area (Å²) in [4.78, 5) is 21.8. The van der Waals surface area contributed by atoms with Crippen LogP contribution in [0.2, 0.25) is 0 Å². The van der Waals surface area contributed by atoms with E-state index in [0.29, 0.717) is 17.6 Å². The third kappa shape index (κ3) is 4.24. The molecular formula is C20H26N8O. The van der Waals surface area contributed by atoms with E-state index in [1.165, 1.54) is 0 Å². The number of nitrogens with zero attached hydrogens (tertiary/aromatic N) is 6. The molecule has 4 heterocycles. The minimum atomic E-state index is 0.0282. The highest BCUT2D eigenvalue weighted by molar-refractivity contribution is 5.94. The number of hydrogen-bond donors (Lipinski definition) is 2. The van der Waals surface area contributed by atoms with Gasteiger partial charge in [-0.25, -0.2) is 9.67 Å². The molecule has 0 atom stereocenters. The van der Waals surface area contributed by atoms with Gasteiger partial charge < -0.3 is 10.6 Å². The molecule has 0 unspecified atom stereocenters. The highest BCUT2D eigenvalue weighted by atomic mass is 16.1. The Hall–Kier alpha value is -2.94. The van der Waals surface area contributed by atoms with Crippen LogP contribution in [0.25, 0.3) is 22.3 Å². The Bertz CT molecular complexity index is 1020. The van der Waals surface area contributed by atoms with Crippen LogP contribution in [0.5, 0.6) is 0 Å². The third-order valence-electron chi connectivity index (χ3n) is 5.20. The first-order chi connectivity index (χ1) is 14.0. The fourth-order valence-electron chi connectivity index (χ4n) is 3.69. The second-order valence-corrected chi connectivity index (χ2v) is 7.98. The molecule has 0 spiro atoms. The van der Waals surface area contributed by atoms with Crippen molar-refractivity contribution >= 4 is 22.6 Å². The van der Waals surface area contributed by atoms with Crippen molar-refractivity contribution < 1.29 is 4.79 Å². The smallest absolute Gasteiger partial charge is 0.228 e. The normalized spacial score (nSPS) is 15.2. The van der Waals surface area contributed by atoms with E-state index < -0.39 is 0 Å². The molecule has 0 saturated carbocycles. The quantitative estimate of drug-likeness (QED) is 0.680. The van der Waals surface area contributed by atoms with Crippen LogP contribution in [0.1, 0.15) is 32.4 Å². The summed E-state index contributed by atoms with van der Waals surface area (Å²) in [6.07, 6.45) is 4.23. The zero-order valence-corrected chi connectivity index (χ0v) is 17.0. The van der Waals surface area contributed by atoms with Gasteiger partial charge >= 0.3 is 0 Å². The monoisotopic (exact) mass is 394 g/mol. The summed E-state index contributed by atoms with van der Waals surface area (Å²) in [7, 11) is 1.82. The van der Waals surface area contributed by atoms with Crippen LogP contribution in [-0.4, -0.2) is 49.2 Å². The molecule has 1 amide bonds. The first-order valence-corrected chi connectivity index (χ1v) is 10.0. The van der Waals surface area contributed by atoms with Crippen molar-refractivity contribution in [2.24, 2.45) is 18.9 Å². The van der Waals surface area contributed by atoms with Crippen LogP contribution in [0, 0.1) is 11.8 Å². The number of tetrazole rings is 1. The van der Waals surface area contributed by atoms with Crippen molar-refractivity contribution in [2.45, 2.75) is 33.1 Å². The summed E-state index contributed by atoms with van der Waals surface area (Å²) in [5.41, 5.74) is 2.64. The summed E-state index contributed by atoms with van der Waals surface area (Å²) in [5.74, 6) is 1.71. The van der Waals surface area contributed by atoms with Crippen molar-refractivity contribution in [3.63, 3.8) is 0 Å².